The van der Waals surface area contributed by atoms with Crippen LogP contribution in [-0.2, 0) is 14.2 Å². The van der Waals surface area contributed by atoms with Crippen LogP contribution in [0.4, 0.5) is 0 Å². The zero-order valence-corrected chi connectivity index (χ0v) is 19.0. The fraction of sp³-hybridized carbons (Fsp3) is 0.250. The molecule has 1 aromatic heterocycles. The van der Waals surface area contributed by atoms with Crippen molar-refractivity contribution in [1.82, 2.24) is 9.55 Å². The number of aliphatic hydroxyl groups excluding tert-OH is 1. The zero-order valence-electron chi connectivity index (χ0n) is 18.2. The second kappa shape index (κ2) is 10.3. The molecule has 1 fully saturated rings. The molecule has 11 heteroatoms. The van der Waals surface area contributed by atoms with Gasteiger partial charge in [-0.15, -0.1) is 11.6 Å². The summed E-state index contributed by atoms with van der Waals surface area (Å²) in [6, 6.07) is 17.4. The van der Waals surface area contributed by atoms with Gasteiger partial charge in [-0.1, -0.05) is 36.4 Å². The maximum atomic E-state index is 12.5. The van der Waals surface area contributed by atoms with Gasteiger partial charge in [-0.2, -0.15) is 0 Å². The van der Waals surface area contributed by atoms with Gasteiger partial charge >= 0.3 is 17.6 Å². The highest BCUT2D eigenvalue weighted by atomic mass is 35.5. The van der Waals surface area contributed by atoms with Gasteiger partial charge in [0.25, 0.3) is 5.56 Å². The molecule has 2 aromatic carbocycles. The Labute approximate surface area is 203 Å². The number of hydrogen-bond acceptors (Lipinski definition) is 8. The Hall–Kier alpha value is -3.73. The number of rotatable bonds is 7. The van der Waals surface area contributed by atoms with Gasteiger partial charge in [-0.3, -0.25) is 14.3 Å². The van der Waals surface area contributed by atoms with E-state index in [4.69, 9.17) is 25.8 Å². The van der Waals surface area contributed by atoms with Crippen LogP contribution in [0, 0.1) is 0 Å². The van der Waals surface area contributed by atoms with Crippen molar-refractivity contribution < 1.29 is 28.9 Å². The fourth-order valence-corrected chi connectivity index (χ4v) is 4.03. The molecule has 0 unspecified atom stereocenters. The summed E-state index contributed by atoms with van der Waals surface area (Å²) in [5.41, 5.74) is -2.74. The maximum absolute atomic E-state index is 12.5. The van der Waals surface area contributed by atoms with Gasteiger partial charge in [0.2, 0.25) is 0 Å². The van der Waals surface area contributed by atoms with Crippen LogP contribution in [0.25, 0.3) is 0 Å². The molecule has 2 heterocycles. The molecule has 1 saturated heterocycles. The van der Waals surface area contributed by atoms with Crippen LogP contribution >= 0.6 is 11.6 Å². The summed E-state index contributed by atoms with van der Waals surface area (Å²) >= 11 is 6.42. The molecule has 3 aromatic rings. The molecule has 0 spiro atoms. The Morgan fingerprint density at radius 1 is 0.943 bits per heavy atom. The summed E-state index contributed by atoms with van der Waals surface area (Å²) in [7, 11) is 0. The third kappa shape index (κ3) is 5.19. The zero-order chi connectivity index (χ0) is 25.0. The smallest absolute Gasteiger partial charge is 0.338 e. The minimum atomic E-state index is -1.80. The topological polar surface area (TPSA) is 137 Å². The molecule has 2 N–H and O–H groups in total. The first-order chi connectivity index (χ1) is 16.8. The largest absolute Gasteiger partial charge is 0.459 e. The van der Waals surface area contributed by atoms with E-state index in [2.05, 4.69) is 4.98 Å². The number of H-pyrrole nitrogens is 1. The minimum absolute atomic E-state index is 0.257. The van der Waals surface area contributed by atoms with E-state index in [9.17, 15) is 24.3 Å². The molecule has 10 nitrogen and oxygen atoms in total. The predicted octanol–water partition coefficient (Wildman–Crippen LogP) is 1.49. The van der Waals surface area contributed by atoms with Gasteiger partial charge in [0.05, 0.1) is 11.1 Å². The summed E-state index contributed by atoms with van der Waals surface area (Å²) < 4.78 is 17.7. The van der Waals surface area contributed by atoms with Crippen molar-refractivity contribution >= 4 is 23.5 Å². The first-order valence-electron chi connectivity index (χ1n) is 10.6. The standard InChI is InChI=1S/C24H21ClN2O8/c25-18-19(29)24(13-33-21(30)15-7-3-1-4-8-15,14-34-22(31)16-9-5-2-6-10-16)35-20(18)27-12-11-17(28)26-23(27)32/h1-12,18-20,29H,13-14H2,(H,26,28,32)/t18-,19+,20-/m1/s1. The van der Waals surface area contributed by atoms with Crippen molar-refractivity contribution in [3.8, 4) is 0 Å². The Balaban J connectivity index is 1.61. The molecule has 0 aliphatic carbocycles. The highest BCUT2D eigenvalue weighted by molar-refractivity contribution is 6.21. The monoisotopic (exact) mass is 500 g/mol. The lowest BCUT2D eigenvalue weighted by atomic mass is 9.98. The average molecular weight is 501 g/mol. The van der Waals surface area contributed by atoms with Crippen LogP contribution in [0.5, 0.6) is 0 Å². The molecule has 0 radical (unpaired) electrons. The molecular formula is C24H21ClN2O8. The van der Waals surface area contributed by atoms with Crippen LogP contribution in [0.15, 0.2) is 82.5 Å². The van der Waals surface area contributed by atoms with Crippen LogP contribution < -0.4 is 11.2 Å². The Kier molecular flexibility index (Phi) is 7.15. The van der Waals surface area contributed by atoms with Gasteiger partial charge in [0, 0.05) is 12.3 Å². The molecule has 1 aliphatic rings. The van der Waals surface area contributed by atoms with Gasteiger partial charge in [0.15, 0.2) is 11.8 Å². The molecule has 0 bridgehead atoms. The molecule has 182 valence electrons. The first kappa shape index (κ1) is 24.4. The molecular weight excluding hydrogens is 480 g/mol. The number of hydrogen-bond donors (Lipinski definition) is 2. The van der Waals surface area contributed by atoms with Gasteiger partial charge in [0.1, 0.15) is 24.7 Å². The number of benzene rings is 2. The van der Waals surface area contributed by atoms with Crippen molar-refractivity contribution in [1.29, 1.82) is 0 Å². The fourth-order valence-electron chi connectivity index (χ4n) is 3.63. The van der Waals surface area contributed by atoms with E-state index < -0.39 is 59.7 Å². The van der Waals surface area contributed by atoms with E-state index in [-0.39, 0.29) is 11.1 Å². The number of nitrogens with one attached hydrogen (secondary N) is 1. The molecule has 1 aliphatic heterocycles. The van der Waals surface area contributed by atoms with Crippen molar-refractivity contribution in [3.05, 3.63) is 105 Å². The summed E-state index contributed by atoms with van der Waals surface area (Å²) in [4.78, 5) is 50.9. The summed E-state index contributed by atoms with van der Waals surface area (Å²) in [6.45, 7) is -1.08. The summed E-state index contributed by atoms with van der Waals surface area (Å²) in [5, 5.41) is 9.81. The minimum Gasteiger partial charge on any atom is -0.459 e. The number of aromatic nitrogens is 2. The Bertz CT molecular complexity index is 1250. The number of esters is 2. The average Bonchev–Trinajstić information content (AvgIpc) is 3.12. The lowest BCUT2D eigenvalue weighted by Crippen LogP contribution is -2.50. The van der Waals surface area contributed by atoms with Crippen LogP contribution in [0.2, 0.25) is 0 Å². The number of ether oxygens (including phenoxy) is 3. The number of aliphatic hydroxyl groups is 1. The van der Waals surface area contributed by atoms with E-state index in [1.807, 2.05) is 0 Å². The van der Waals surface area contributed by atoms with Gasteiger partial charge in [-0.25, -0.2) is 14.4 Å². The predicted molar refractivity (Wildman–Crippen MR) is 123 cm³/mol. The van der Waals surface area contributed by atoms with Gasteiger partial charge < -0.3 is 19.3 Å². The Morgan fingerprint density at radius 3 is 1.94 bits per heavy atom. The summed E-state index contributed by atoms with van der Waals surface area (Å²) in [6.07, 6.45) is -1.63. The number of carbonyl (C=O) groups is 2. The van der Waals surface area contributed by atoms with Gasteiger partial charge in [-0.05, 0) is 24.3 Å². The Morgan fingerprint density at radius 2 is 1.46 bits per heavy atom. The third-order valence-electron chi connectivity index (χ3n) is 5.51. The maximum Gasteiger partial charge on any atom is 0.338 e. The highest BCUT2D eigenvalue weighted by Crippen LogP contribution is 2.40. The highest BCUT2D eigenvalue weighted by Gasteiger charge is 2.57. The van der Waals surface area contributed by atoms with Crippen LogP contribution in [-0.4, -0.2) is 56.9 Å². The van der Waals surface area contributed by atoms with Crippen molar-refractivity contribution in [2.24, 2.45) is 0 Å². The normalized spacial score (nSPS) is 20.8. The van der Waals surface area contributed by atoms with E-state index >= 15 is 0 Å². The molecule has 0 saturated carbocycles. The van der Waals surface area contributed by atoms with E-state index in [1.54, 1.807) is 60.7 Å². The lowest BCUT2D eigenvalue weighted by Gasteiger charge is -2.31. The summed E-state index contributed by atoms with van der Waals surface area (Å²) in [5.74, 6) is -1.41. The number of carbonyl (C=O) groups excluding carboxylic acids is 2. The molecule has 0 amide bonds. The van der Waals surface area contributed by atoms with Crippen LogP contribution in [0.3, 0.4) is 0 Å². The van der Waals surface area contributed by atoms with E-state index in [0.29, 0.717) is 0 Å². The quantitative estimate of drug-likeness (QED) is 0.368. The molecule has 3 atom stereocenters. The van der Waals surface area contributed by atoms with E-state index in [0.717, 1.165) is 16.8 Å². The third-order valence-corrected chi connectivity index (χ3v) is 5.96. The molecule has 35 heavy (non-hydrogen) atoms. The van der Waals surface area contributed by atoms with Crippen LogP contribution in [0.1, 0.15) is 26.9 Å². The lowest BCUT2D eigenvalue weighted by molar-refractivity contribution is -0.153. The SMILES string of the molecule is O=C(OCC1(COC(=O)c2ccccc2)O[C@@H](n2ccc(=O)[nH]c2=O)[C@H](Cl)[C@@H]1O)c1ccccc1. The first-order valence-corrected chi connectivity index (χ1v) is 11.0. The van der Waals surface area contributed by atoms with Crippen molar-refractivity contribution in [3.63, 3.8) is 0 Å². The van der Waals surface area contributed by atoms with E-state index in [1.165, 1.54) is 0 Å². The second-order valence-electron chi connectivity index (χ2n) is 7.86. The number of aromatic amines is 1. The number of nitrogens with zero attached hydrogens (tertiary/aromatic N) is 1. The van der Waals surface area contributed by atoms with Crippen molar-refractivity contribution in [2.75, 3.05) is 13.2 Å². The van der Waals surface area contributed by atoms with Crippen molar-refractivity contribution in [2.45, 2.75) is 23.3 Å². The number of halogens is 1. The second-order valence-corrected chi connectivity index (χ2v) is 8.37. The number of alkyl halides is 1. The molecule has 4 rings (SSSR count).